The van der Waals surface area contributed by atoms with Gasteiger partial charge in [-0.1, -0.05) is 15.9 Å². The molecule has 2 heterocycles. The molecule has 118 valence electrons. The predicted molar refractivity (Wildman–Crippen MR) is 90.3 cm³/mol. The minimum absolute atomic E-state index is 0.113. The van der Waals surface area contributed by atoms with Crippen LogP contribution in [0.1, 0.15) is 5.69 Å². The lowest BCUT2D eigenvalue weighted by molar-refractivity contribution is -0.116. The van der Waals surface area contributed by atoms with Crippen molar-refractivity contribution >= 4 is 38.6 Å². The Balaban J connectivity index is 1.86. The summed E-state index contributed by atoms with van der Waals surface area (Å²) in [5.41, 5.74) is 1.14. The van der Waals surface area contributed by atoms with E-state index < -0.39 is 0 Å². The lowest BCUT2D eigenvalue weighted by Crippen LogP contribution is -2.28. The highest BCUT2D eigenvalue weighted by molar-refractivity contribution is 9.10. The molecule has 2 aromatic heterocycles. The van der Waals surface area contributed by atoms with Crippen LogP contribution in [0.5, 0.6) is 0 Å². The number of carbonyl (C=O) groups is 1. The molecule has 0 unspecified atom stereocenters. The van der Waals surface area contributed by atoms with Crippen molar-refractivity contribution in [2.24, 2.45) is 7.05 Å². The number of hydrogen-bond acceptors (Lipinski definition) is 4. The van der Waals surface area contributed by atoms with Crippen LogP contribution >= 0.6 is 15.9 Å². The van der Waals surface area contributed by atoms with Crippen molar-refractivity contribution in [1.29, 1.82) is 0 Å². The van der Waals surface area contributed by atoms with E-state index in [9.17, 15) is 9.59 Å². The summed E-state index contributed by atoms with van der Waals surface area (Å²) in [5.74, 6) is 0.267. The maximum absolute atomic E-state index is 12.4. The van der Waals surface area contributed by atoms with Crippen LogP contribution in [0.15, 0.2) is 39.9 Å². The second kappa shape index (κ2) is 5.96. The molecule has 0 saturated carbocycles. The average Bonchev–Trinajstić information content (AvgIpc) is 2.80. The number of nitrogens with one attached hydrogen (secondary N) is 1. The van der Waals surface area contributed by atoms with Gasteiger partial charge in [0.25, 0.3) is 5.56 Å². The van der Waals surface area contributed by atoms with Gasteiger partial charge in [0.2, 0.25) is 5.91 Å². The van der Waals surface area contributed by atoms with Crippen molar-refractivity contribution in [1.82, 2.24) is 19.3 Å². The van der Waals surface area contributed by atoms with Gasteiger partial charge < -0.3 is 5.32 Å². The zero-order valence-electron chi connectivity index (χ0n) is 12.6. The number of aryl methyl sites for hydroxylation is 2. The van der Waals surface area contributed by atoms with E-state index in [0.29, 0.717) is 16.7 Å². The molecule has 1 aromatic carbocycles. The largest absolute Gasteiger partial charge is 0.309 e. The number of halogens is 1. The molecule has 7 nitrogen and oxygen atoms in total. The van der Waals surface area contributed by atoms with Gasteiger partial charge in [0, 0.05) is 17.6 Å². The first-order valence-corrected chi connectivity index (χ1v) is 7.68. The molecule has 0 atom stereocenters. The van der Waals surface area contributed by atoms with Gasteiger partial charge in [-0.2, -0.15) is 5.10 Å². The Labute approximate surface area is 140 Å². The number of aromatic nitrogens is 4. The number of fused-ring (bicyclic) bond motifs is 1. The molecule has 23 heavy (non-hydrogen) atoms. The van der Waals surface area contributed by atoms with Gasteiger partial charge in [0.05, 0.1) is 22.9 Å². The van der Waals surface area contributed by atoms with E-state index in [1.165, 1.54) is 10.9 Å². The van der Waals surface area contributed by atoms with E-state index in [2.05, 4.69) is 31.3 Å². The zero-order chi connectivity index (χ0) is 16.6. The SMILES string of the molecule is Cc1cc(NC(=O)Cn2cnc3ccc(Br)cc3c2=O)n(C)n1. The molecule has 0 aliphatic carbocycles. The molecule has 0 bridgehead atoms. The Morgan fingerprint density at radius 2 is 2.13 bits per heavy atom. The summed E-state index contributed by atoms with van der Waals surface area (Å²) < 4.78 is 3.65. The monoisotopic (exact) mass is 375 g/mol. The van der Waals surface area contributed by atoms with Gasteiger partial charge in [0.15, 0.2) is 0 Å². The smallest absolute Gasteiger partial charge is 0.261 e. The summed E-state index contributed by atoms with van der Waals surface area (Å²) in [7, 11) is 1.74. The van der Waals surface area contributed by atoms with E-state index in [4.69, 9.17) is 0 Å². The van der Waals surface area contributed by atoms with Crippen molar-refractivity contribution < 1.29 is 4.79 Å². The topological polar surface area (TPSA) is 81.8 Å². The molecule has 0 radical (unpaired) electrons. The van der Waals surface area contributed by atoms with Crippen LogP contribution in [0.2, 0.25) is 0 Å². The van der Waals surface area contributed by atoms with Crippen molar-refractivity contribution in [3.8, 4) is 0 Å². The van der Waals surface area contributed by atoms with Gasteiger partial charge in [-0.3, -0.25) is 18.8 Å². The number of amides is 1. The van der Waals surface area contributed by atoms with Crippen LogP contribution in [0.4, 0.5) is 5.82 Å². The summed E-state index contributed by atoms with van der Waals surface area (Å²) in [6, 6.07) is 7.03. The molecule has 1 amide bonds. The highest BCUT2D eigenvalue weighted by Gasteiger charge is 2.11. The Morgan fingerprint density at radius 3 is 2.83 bits per heavy atom. The minimum atomic E-state index is -0.314. The van der Waals surface area contributed by atoms with Crippen LogP contribution in [0.3, 0.4) is 0 Å². The highest BCUT2D eigenvalue weighted by Crippen LogP contribution is 2.15. The van der Waals surface area contributed by atoms with Crippen molar-refractivity contribution in [3.05, 3.63) is 51.1 Å². The number of nitrogens with zero attached hydrogens (tertiary/aromatic N) is 4. The van der Waals surface area contributed by atoms with Crippen molar-refractivity contribution in [2.75, 3.05) is 5.32 Å². The zero-order valence-corrected chi connectivity index (χ0v) is 14.2. The lowest BCUT2D eigenvalue weighted by Gasteiger charge is -2.08. The number of hydrogen-bond donors (Lipinski definition) is 1. The maximum Gasteiger partial charge on any atom is 0.261 e. The standard InChI is InChI=1S/C15H14BrN5O2/c1-9-5-13(20(2)19-9)18-14(22)7-21-8-17-12-4-3-10(16)6-11(12)15(21)23/h3-6,8H,7H2,1-2H3,(H,18,22). The molecular weight excluding hydrogens is 362 g/mol. The first-order chi connectivity index (χ1) is 10.9. The minimum Gasteiger partial charge on any atom is -0.309 e. The van der Waals surface area contributed by atoms with Gasteiger partial charge in [-0.15, -0.1) is 0 Å². The Bertz CT molecular complexity index is 960. The number of carbonyl (C=O) groups excluding carboxylic acids is 1. The van der Waals surface area contributed by atoms with Gasteiger partial charge in [-0.05, 0) is 25.1 Å². The summed E-state index contributed by atoms with van der Waals surface area (Å²) in [6.45, 7) is 1.73. The average molecular weight is 376 g/mol. The summed E-state index contributed by atoms with van der Waals surface area (Å²) >= 11 is 3.33. The molecule has 0 saturated heterocycles. The number of benzene rings is 1. The summed E-state index contributed by atoms with van der Waals surface area (Å²) in [4.78, 5) is 28.8. The fourth-order valence-corrected chi connectivity index (χ4v) is 2.67. The molecule has 0 aliphatic heterocycles. The van der Waals surface area contributed by atoms with Crippen LogP contribution in [0.25, 0.3) is 10.9 Å². The number of anilines is 1. The Kier molecular flexibility index (Phi) is 3.99. The van der Waals surface area contributed by atoms with Gasteiger partial charge in [-0.25, -0.2) is 4.98 Å². The van der Waals surface area contributed by atoms with Crippen LogP contribution < -0.4 is 10.9 Å². The van der Waals surface area contributed by atoms with E-state index in [-0.39, 0.29) is 18.0 Å². The third-order valence-electron chi connectivity index (χ3n) is 3.37. The molecule has 0 spiro atoms. The van der Waals surface area contributed by atoms with E-state index in [1.807, 2.05) is 13.0 Å². The highest BCUT2D eigenvalue weighted by atomic mass is 79.9. The third-order valence-corrected chi connectivity index (χ3v) is 3.86. The van der Waals surface area contributed by atoms with Crippen molar-refractivity contribution in [2.45, 2.75) is 13.5 Å². The normalized spacial score (nSPS) is 10.9. The van der Waals surface area contributed by atoms with Gasteiger partial charge >= 0.3 is 0 Å². The molecule has 1 N–H and O–H groups in total. The molecule has 3 aromatic rings. The second-order valence-corrected chi connectivity index (χ2v) is 6.10. The van der Waals surface area contributed by atoms with Gasteiger partial charge in [0.1, 0.15) is 12.4 Å². The number of rotatable bonds is 3. The molecule has 0 fully saturated rings. The van der Waals surface area contributed by atoms with Crippen LogP contribution in [0, 0.1) is 6.92 Å². The van der Waals surface area contributed by atoms with E-state index in [0.717, 1.165) is 10.2 Å². The lowest BCUT2D eigenvalue weighted by atomic mass is 10.2. The molecule has 3 rings (SSSR count). The fraction of sp³-hybridized carbons (Fsp3) is 0.200. The quantitative estimate of drug-likeness (QED) is 0.756. The Hall–Kier alpha value is -2.48. The second-order valence-electron chi connectivity index (χ2n) is 5.18. The van der Waals surface area contributed by atoms with E-state index >= 15 is 0 Å². The molecule has 8 heteroatoms. The van der Waals surface area contributed by atoms with Crippen LogP contribution in [-0.2, 0) is 18.4 Å². The predicted octanol–water partition coefficient (Wildman–Crippen LogP) is 1.84. The first-order valence-electron chi connectivity index (χ1n) is 6.89. The summed E-state index contributed by atoms with van der Waals surface area (Å²) in [5, 5.41) is 7.35. The molecule has 0 aliphatic rings. The van der Waals surface area contributed by atoms with Crippen molar-refractivity contribution in [3.63, 3.8) is 0 Å². The maximum atomic E-state index is 12.4. The van der Waals surface area contributed by atoms with Crippen LogP contribution in [-0.4, -0.2) is 25.2 Å². The fourth-order valence-electron chi connectivity index (χ4n) is 2.31. The third kappa shape index (κ3) is 3.16. The first kappa shape index (κ1) is 15.4. The Morgan fingerprint density at radius 1 is 1.35 bits per heavy atom. The molecular formula is C15H14BrN5O2. The van der Waals surface area contributed by atoms with E-state index in [1.54, 1.807) is 29.9 Å². The summed E-state index contributed by atoms with van der Waals surface area (Å²) in [6.07, 6.45) is 1.38.